The van der Waals surface area contributed by atoms with Gasteiger partial charge in [0.05, 0.1) is 12.8 Å². The second kappa shape index (κ2) is 10.3. The van der Waals surface area contributed by atoms with Crippen molar-refractivity contribution in [3.8, 4) is 5.75 Å². The first-order chi connectivity index (χ1) is 13.7. The molecule has 0 atom stereocenters. The van der Waals surface area contributed by atoms with E-state index in [1.54, 1.807) is 6.21 Å². The molecule has 28 heavy (non-hydrogen) atoms. The molecule has 0 heterocycles. The fourth-order valence-corrected chi connectivity index (χ4v) is 2.68. The van der Waals surface area contributed by atoms with Gasteiger partial charge in [0.1, 0.15) is 12.4 Å². The van der Waals surface area contributed by atoms with Crippen molar-refractivity contribution in [1.82, 2.24) is 5.43 Å². The predicted molar refractivity (Wildman–Crippen MR) is 116 cm³/mol. The van der Waals surface area contributed by atoms with Gasteiger partial charge >= 0.3 is 0 Å². The zero-order valence-electron chi connectivity index (χ0n) is 15.1. The van der Waals surface area contributed by atoms with Crippen LogP contribution in [-0.2, 0) is 11.4 Å². The SMILES string of the molecule is O=C(CNc1ccc(Br)cc1)N/N=C\c1ccccc1OCc1ccccc1. The van der Waals surface area contributed by atoms with E-state index in [9.17, 15) is 4.79 Å². The molecular formula is C22H20BrN3O2. The maximum absolute atomic E-state index is 11.9. The minimum atomic E-state index is -0.234. The third kappa shape index (κ3) is 6.25. The van der Waals surface area contributed by atoms with E-state index < -0.39 is 0 Å². The molecule has 0 aliphatic rings. The number of amides is 1. The van der Waals surface area contributed by atoms with Crippen molar-refractivity contribution in [2.75, 3.05) is 11.9 Å². The summed E-state index contributed by atoms with van der Waals surface area (Å²) in [6, 6.07) is 25.1. The monoisotopic (exact) mass is 437 g/mol. The van der Waals surface area contributed by atoms with Crippen molar-refractivity contribution in [1.29, 1.82) is 0 Å². The molecule has 0 radical (unpaired) electrons. The summed E-state index contributed by atoms with van der Waals surface area (Å²) < 4.78 is 6.86. The number of para-hydroxylation sites is 1. The molecule has 5 nitrogen and oxygen atoms in total. The van der Waals surface area contributed by atoms with E-state index in [1.807, 2.05) is 78.9 Å². The Morgan fingerprint density at radius 1 is 0.964 bits per heavy atom. The minimum absolute atomic E-state index is 0.130. The molecule has 0 saturated heterocycles. The summed E-state index contributed by atoms with van der Waals surface area (Å²) in [7, 11) is 0. The van der Waals surface area contributed by atoms with Gasteiger partial charge in [-0.2, -0.15) is 5.10 Å². The molecule has 3 aromatic carbocycles. The average Bonchev–Trinajstić information content (AvgIpc) is 2.73. The number of hydrogen-bond donors (Lipinski definition) is 2. The predicted octanol–water partition coefficient (Wildman–Crippen LogP) is 4.59. The summed E-state index contributed by atoms with van der Waals surface area (Å²) in [4.78, 5) is 11.9. The van der Waals surface area contributed by atoms with Gasteiger partial charge in [0.15, 0.2) is 0 Å². The molecular weight excluding hydrogens is 418 g/mol. The Bertz CT molecular complexity index is 928. The van der Waals surface area contributed by atoms with Gasteiger partial charge in [-0.15, -0.1) is 0 Å². The van der Waals surface area contributed by atoms with Gasteiger partial charge in [0, 0.05) is 15.7 Å². The Balaban J connectivity index is 1.50. The molecule has 3 aromatic rings. The van der Waals surface area contributed by atoms with E-state index in [0.29, 0.717) is 12.4 Å². The Morgan fingerprint density at radius 3 is 2.46 bits per heavy atom. The lowest BCUT2D eigenvalue weighted by Gasteiger charge is -2.09. The first-order valence-electron chi connectivity index (χ1n) is 8.78. The van der Waals surface area contributed by atoms with E-state index in [-0.39, 0.29) is 12.5 Å². The molecule has 2 N–H and O–H groups in total. The fourth-order valence-electron chi connectivity index (χ4n) is 2.42. The highest BCUT2D eigenvalue weighted by atomic mass is 79.9. The van der Waals surface area contributed by atoms with Gasteiger partial charge in [0.2, 0.25) is 0 Å². The van der Waals surface area contributed by atoms with Gasteiger partial charge in [-0.3, -0.25) is 4.79 Å². The van der Waals surface area contributed by atoms with Crippen LogP contribution in [0.2, 0.25) is 0 Å². The third-order valence-corrected chi connectivity index (χ3v) is 4.38. The number of nitrogens with zero attached hydrogens (tertiary/aromatic N) is 1. The number of benzene rings is 3. The van der Waals surface area contributed by atoms with Crippen molar-refractivity contribution in [3.05, 3.63) is 94.5 Å². The highest BCUT2D eigenvalue weighted by Crippen LogP contribution is 2.17. The first kappa shape index (κ1) is 19.6. The molecule has 3 rings (SSSR count). The zero-order valence-corrected chi connectivity index (χ0v) is 16.7. The van der Waals surface area contributed by atoms with Crippen LogP contribution in [0.25, 0.3) is 0 Å². The van der Waals surface area contributed by atoms with Crippen LogP contribution < -0.4 is 15.5 Å². The van der Waals surface area contributed by atoms with E-state index in [4.69, 9.17) is 4.74 Å². The summed E-state index contributed by atoms with van der Waals surface area (Å²) in [5, 5.41) is 7.07. The van der Waals surface area contributed by atoms with Crippen molar-refractivity contribution in [2.45, 2.75) is 6.61 Å². The summed E-state index contributed by atoms with van der Waals surface area (Å²) in [6.07, 6.45) is 1.58. The number of carbonyl (C=O) groups excluding carboxylic acids is 1. The van der Waals surface area contributed by atoms with Gasteiger partial charge in [-0.1, -0.05) is 58.4 Å². The molecule has 6 heteroatoms. The Labute approximate surface area is 172 Å². The van der Waals surface area contributed by atoms with Crippen molar-refractivity contribution in [2.24, 2.45) is 5.10 Å². The molecule has 1 amide bonds. The summed E-state index contributed by atoms with van der Waals surface area (Å²) in [5.41, 5.74) is 5.26. The summed E-state index contributed by atoms with van der Waals surface area (Å²) in [6.45, 7) is 0.598. The van der Waals surface area contributed by atoms with Crippen molar-refractivity contribution >= 4 is 33.7 Å². The minimum Gasteiger partial charge on any atom is -0.488 e. The Hall–Kier alpha value is -3.12. The highest BCUT2D eigenvalue weighted by Gasteiger charge is 2.03. The van der Waals surface area contributed by atoms with Gasteiger partial charge in [-0.05, 0) is 42.0 Å². The third-order valence-electron chi connectivity index (χ3n) is 3.85. The van der Waals surface area contributed by atoms with Crippen LogP contribution in [0.4, 0.5) is 5.69 Å². The molecule has 0 unspecified atom stereocenters. The highest BCUT2D eigenvalue weighted by molar-refractivity contribution is 9.10. The molecule has 0 aliphatic carbocycles. The zero-order chi connectivity index (χ0) is 19.6. The summed E-state index contributed by atoms with van der Waals surface area (Å²) in [5.74, 6) is 0.471. The molecule has 0 spiro atoms. The van der Waals surface area contributed by atoms with Crippen molar-refractivity contribution in [3.63, 3.8) is 0 Å². The maximum atomic E-state index is 11.9. The van der Waals surface area contributed by atoms with E-state index in [0.717, 1.165) is 21.3 Å². The molecule has 0 bridgehead atoms. The van der Waals surface area contributed by atoms with Gasteiger partial charge < -0.3 is 10.1 Å². The van der Waals surface area contributed by atoms with Crippen LogP contribution >= 0.6 is 15.9 Å². The van der Waals surface area contributed by atoms with Crippen LogP contribution in [0.5, 0.6) is 5.75 Å². The van der Waals surface area contributed by atoms with Crippen molar-refractivity contribution < 1.29 is 9.53 Å². The van der Waals surface area contributed by atoms with Crippen LogP contribution in [0.15, 0.2) is 88.4 Å². The standard InChI is InChI=1S/C22H20BrN3O2/c23-19-10-12-20(13-11-19)24-15-22(27)26-25-14-18-8-4-5-9-21(18)28-16-17-6-2-1-3-7-17/h1-14,24H,15-16H2,(H,26,27)/b25-14-. The van der Waals surface area contributed by atoms with E-state index in [1.165, 1.54) is 0 Å². The van der Waals surface area contributed by atoms with Crippen LogP contribution in [0.1, 0.15) is 11.1 Å². The Kier molecular flexibility index (Phi) is 7.21. The average molecular weight is 438 g/mol. The normalized spacial score (nSPS) is 10.6. The Morgan fingerprint density at radius 2 is 1.68 bits per heavy atom. The topological polar surface area (TPSA) is 62.7 Å². The molecule has 0 aliphatic heterocycles. The van der Waals surface area contributed by atoms with Gasteiger partial charge in [-0.25, -0.2) is 5.43 Å². The maximum Gasteiger partial charge on any atom is 0.259 e. The molecule has 0 saturated carbocycles. The number of rotatable bonds is 8. The lowest BCUT2D eigenvalue weighted by Crippen LogP contribution is -2.25. The number of carbonyl (C=O) groups is 1. The lowest BCUT2D eigenvalue weighted by atomic mass is 10.2. The fraction of sp³-hybridized carbons (Fsp3) is 0.0909. The first-order valence-corrected chi connectivity index (χ1v) is 9.57. The number of ether oxygens (including phenoxy) is 1. The molecule has 0 fully saturated rings. The number of anilines is 1. The molecule has 0 aromatic heterocycles. The lowest BCUT2D eigenvalue weighted by molar-refractivity contribution is -0.119. The van der Waals surface area contributed by atoms with Crippen LogP contribution in [0, 0.1) is 0 Å². The van der Waals surface area contributed by atoms with Gasteiger partial charge in [0.25, 0.3) is 5.91 Å². The van der Waals surface area contributed by atoms with E-state index in [2.05, 4.69) is 31.8 Å². The molecule has 142 valence electrons. The number of halogens is 1. The number of hydrogen-bond acceptors (Lipinski definition) is 4. The second-order valence-corrected chi connectivity index (χ2v) is 6.88. The van der Waals surface area contributed by atoms with Crippen LogP contribution in [0.3, 0.4) is 0 Å². The summed E-state index contributed by atoms with van der Waals surface area (Å²) >= 11 is 3.38. The smallest absolute Gasteiger partial charge is 0.259 e. The number of nitrogens with one attached hydrogen (secondary N) is 2. The number of hydrazone groups is 1. The van der Waals surface area contributed by atoms with E-state index >= 15 is 0 Å². The second-order valence-electron chi connectivity index (χ2n) is 5.97. The quantitative estimate of drug-likeness (QED) is 0.400. The largest absolute Gasteiger partial charge is 0.488 e. The van der Waals surface area contributed by atoms with Crippen LogP contribution in [-0.4, -0.2) is 18.7 Å².